The zero-order chi connectivity index (χ0) is 13.0. The van der Waals surface area contributed by atoms with E-state index in [4.69, 9.17) is 0 Å². The molecular formula is C13H18N4O. The second kappa shape index (κ2) is 5.73. The fraction of sp³-hybridized carbons (Fsp3) is 0.462. The molecule has 1 aromatic heterocycles. The molecule has 96 valence electrons. The molecule has 1 heterocycles. The lowest BCUT2D eigenvalue weighted by Gasteiger charge is -2.09. The minimum atomic E-state index is -0.0577. The first-order valence-corrected chi connectivity index (χ1v) is 6.22. The fourth-order valence-electron chi connectivity index (χ4n) is 1.86. The maximum Gasteiger partial charge on any atom is 0.277 e. The number of hydrogen-bond acceptors (Lipinski definition) is 4. The Kier molecular flexibility index (Phi) is 4.04. The molecule has 0 bridgehead atoms. The maximum absolute atomic E-state index is 12.1. The summed E-state index contributed by atoms with van der Waals surface area (Å²) in [4.78, 5) is 12.1. The zero-order valence-electron chi connectivity index (χ0n) is 10.8. The van der Waals surface area contributed by atoms with E-state index < -0.39 is 0 Å². The van der Waals surface area contributed by atoms with Gasteiger partial charge in [-0.15, -0.1) is 5.10 Å². The quantitative estimate of drug-likeness (QED) is 0.860. The molecule has 5 nitrogen and oxygen atoms in total. The van der Waals surface area contributed by atoms with Crippen molar-refractivity contribution in [3.8, 4) is 0 Å². The van der Waals surface area contributed by atoms with Crippen LogP contribution in [0.3, 0.4) is 0 Å². The third kappa shape index (κ3) is 2.73. The highest BCUT2D eigenvalue weighted by Gasteiger charge is 2.05. The summed E-state index contributed by atoms with van der Waals surface area (Å²) in [6, 6.07) is 7.75. The first-order valence-electron chi connectivity index (χ1n) is 6.22. The molecule has 0 spiro atoms. The number of aromatic nitrogens is 3. The minimum absolute atomic E-state index is 0.0577. The van der Waals surface area contributed by atoms with E-state index in [9.17, 15) is 4.79 Å². The fourth-order valence-corrected chi connectivity index (χ4v) is 1.86. The summed E-state index contributed by atoms with van der Waals surface area (Å²) in [5.41, 5.74) is 0.597. The number of benzene rings is 1. The average molecular weight is 246 g/mol. The Morgan fingerprint density at radius 2 is 2.17 bits per heavy atom. The molecule has 18 heavy (non-hydrogen) atoms. The van der Waals surface area contributed by atoms with Gasteiger partial charge in [-0.05, 0) is 38.9 Å². The average Bonchev–Trinajstić information content (AvgIpc) is 2.41. The molecule has 0 fully saturated rings. The molecule has 5 heteroatoms. The van der Waals surface area contributed by atoms with Crippen molar-refractivity contribution in [2.45, 2.75) is 32.4 Å². The number of fused-ring (bicyclic) bond motifs is 1. The van der Waals surface area contributed by atoms with Gasteiger partial charge < -0.3 is 5.32 Å². The van der Waals surface area contributed by atoms with Gasteiger partial charge in [0.25, 0.3) is 5.56 Å². The third-order valence-corrected chi connectivity index (χ3v) is 3.13. The summed E-state index contributed by atoms with van der Waals surface area (Å²) in [6.45, 7) is 2.73. The Morgan fingerprint density at radius 1 is 1.39 bits per heavy atom. The largest absolute Gasteiger partial charge is 0.317 e. The monoisotopic (exact) mass is 246 g/mol. The minimum Gasteiger partial charge on any atom is -0.317 e. The second-order valence-corrected chi connectivity index (χ2v) is 4.47. The highest BCUT2D eigenvalue weighted by atomic mass is 16.1. The topological polar surface area (TPSA) is 59.8 Å². The first-order chi connectivity index (χ1) is 8.72. The van der Waals surface area contributed by atoms with E-state index in [-0.39, 0.29) is 5.56 Å². The molecule has 0 aliphatic rings. The number of nitrogens with one attached hydrogen (secondary N) is 1. The predicted octanol–water partition coefficient (Wildman–Crippen LogP) is 1.18. The SMILES string of the molecule is CNC(C)CCCn1nnc2ccccc2c1=O. The van der Waals surface area contributed by atoms with Gasteiger partial charge in [-0.1, -0.05) is 17.3 Å². The molecular weight excluding hydrogens is 228 g/mol. The molecule has 0 aliphatic carbocycles. The third-order valence-electron chi connectivity index (χ3n) is 3.13. The molecule has 0 aliphatic heterocycles. The van der Waals surface area contributed by atoms with Gasteiger partial charge in [0, 0.05) is 12.6 Å². The molecule has 2 rings (SSSR count). The summed E-state index contributed by atoms with van der Waals surface area (Å²) in [5, 5.41) is 11.8. The van der Waals surface area contributed by atoms with E-state index >= 15 is 0 Å². The van der Waals surface area contributed by atoms with Gasteiger partial charge >= 0.3 is 0 Å². The summed E-state index contributed by atoms with van der Waals surface area (Å²) in [5.74, 6) is 0. The van der Waals surface area contributed by atoms with E-state index in [0.717, 1.165) is 12.8 Å². The van der Waals surface area contributed by atoms with Crippen LogP contribution in [0.25, 0.3) is 10.9 Å². The lowest BCUT2D eigenvalue weighted by atomic mass is 10.2. The summed E-state index contributed by atoms with van der Waals surface area (Å²) in [7, 11) is 1.94. The number of rotatable bonds is 5. The Morgan fingerprint density at radius 3 is 2.94 bits per heavy atom. The van der Waals surface area contributed by atoms with Crippen LogP contribution in [0.1, 0.15) is 19.8 Å². The van der Waals surface area contributed by atoms with Crippen LogP contribution < -0.4 is 10.9 Å². The van der Waals surface area contributed by atoms with E-state index in [0.29, 0.717) is 23.5 Å². The van der Waals surface area contributed by atoms with Gasteiger partial charge in [-0.25, -0.2) is 4.68 Å². The van der Waals surface area contributed by atoms with Crippen LogP contribution in [0.4, 0.5) is 0 Å². The van der Waals surface area contributed by atoms with Crippen LogP contribution in [-0.4, -0.2) is 28.1 Å². The standard InChI is InChI=1S/C13H18N4O/c1-10(14-2)6-5-9-17-13(18)11-7-3-4-8-12(11)15-16-17/h3-4,7-8,10,14H,5-6,9H2,1-2H3. The van der Waals surface area contributed by atoms with Crippen molar-refractivity contribution >= 4 is 10.9 Å². The van der Waals surface area contributed by atoms with Crippen LogP contribution >= 0.6 is 0 Å². The summed E-state index contributed by atoms with van der Waals surface area (Å²) < 4.78 is 1.45. The van der Waals surface area contributed by atoms with Gasteiger partial charge in [0.1, 0.15) is 5.52 Å². The van der Waals surface area contributed by atoms with Crippen LogP contribution in [0, 0.1) is 0 Å². The number of hydrogen-bond donors (Lipinski definition) is 1. The van der Waals surface area contributed by atoms with E-state index in [1.54, 1.807) is 12.1 Å². The molecule has 0 saturated carbocycles. The Hall–Kier alpha value is -1.75. The molecule has 1 atom stereocenters. The Balaban J connectivity index is 2.14. The van der Waals surface area contributed by atoms with Gasteiger partial charge in [0.15, 0.2) is 0 Å². The van der Waals surface area contributed by atoms with Crippen molar-refractivity contribution in [3.05, 3.63) is 34.6 Å². The first kappa shape index (κ1) is 12.7. The lowest BCUT2D eigenvalue weighted by molar-refractivity contribution is 0.466. The van der Waals surface area contributed by atoms with E-state index in [1.807, 2.05) is 19.2 Å². The molecule has 0 radical (unpaired) electrons. The summed E-state index contributed by atoms with van der Waals surface area (Å²) >= 11 is 0. The van der Waals surface area contributed by atoms with Crippen molar-refractivity contribution < 1.29 is 0 Å². The highest BCUT2D eigenvalue weighted by molar-refractivity contribution is 5.76. The molecule has 1 aromatic carbocycles. The Bertz CT molecular complexity index is 578. The van der Waals surface area contributed by atoms with Gasteiger partial charge in [0.05, 0.1) is 5.39 Å². The summed E-state index contributed by atoms with van der Waals surface area (Å²) in [6.07, 6.45) is 1.92. The predicted molar refractivity (Wildman–Crippen MR) is 71.6 cm³/mol. The van der Waals surface area contributed by atoms with Crippen molar-refractivity contribution in [1.29, 1.82) is 0 Å². The van der Waals surface area contributed by atoms with Crippen molar-refractivity contribution in [3.63, 3.8) is 0 Å². The molecule has 1 N–H and O–H groups in total. The molecule has 2 aromatic rings. The number of aryl methyl sites for hydroxylation is 1. The van der Waals surface area contributed by atoms with Gasteiger partial charge in [-0.3, -0.25) is 4.79 Å². The maximum atomic E-state index is 12.1. The van der Waals surface area contributed by atoms with Crippen molar-refractivity contribution in [2.75, 3.05) is 7.05 Å². The smallest absolute Gasteiger partial charge is 0.277 e. The molecule has 1 unspecified atom stereocenters. The molecule has 0 saturated heterocycles. The van der Waals surface area contributed by atoms with Crippen LogP contribution in [0.15, 0.2) is 29.1 Å². The van der Waals surface area contributed by atoms with Crippen molar-refractivity contribution in [1.82, 2.24) is 20.3 Å². The zero-order valence-corrected chi connectivity index (χ0v) is 10.8. The number of nitrogens with zero attached hydrogens (tertiary/aromatic N) is 3. The van der Waals surface area contributed by atoms with E-state index in [1.165, 1.54) is 4.68 Å². The molecule has 0 amide bonds. The van der Waals surface area contributed by atoms with Gasteiger partial charge in [-0.2, -0.15) is 0 Å². The van der Waals surface area contributed by atoms with E-state index in [2.05, 4.69) is 22.6 Å². The van der Waals surface area contributed by atoms with Crippen LogP contribution in [0.5, 0.6) is 0 Å². The lowest BCUT2D eigenvalue weighted by Crippen LogP contribution is -2.26. The van der Waals surface area contributed by atoms with Crippen molar-refractivity contribution in [2.24, 2.45) is 0 Å². The normalized spacial score (nSPS) is 12.8. The highest BCUT2D eigenvalue weighted by Crippen LogP contribution is 2.04. The Labute approximate surface area is 106 Å². The van der Waals surface area contributed by atoms with Crippen LogP contribution in [0.2, 0.25) is 0 Å². The van der Waals surface area contributed by atoms with Crippen LogP contribution in [-0.2, 0) is 6.54 Å². The second-order valence-electron chi connectivity index (χ2n) is 4.47. The van der Waals surface area contributed by atoms with Gasteiger partial charge in [0.2, 0.25) is 0 Å².